The molecular weight excluding hydrogens is 502 g/mol. The molecule has 0 amide bonds. The minimum atomic E-state index is -3.55. The molecule has 0 radical (unpaired) electrons. The Kier molecular flexibility index (Phi) is 6.50. The van der Waals surface area contributed by atoms with E-state index < -0.39 is 10.0 Å². The minimum absolute atomic E-state index is 0.257. The maximum absolute atomic E-state index is 12.7. The molecule has 37 heavy (non-hydrogen) atoms. The molecule has 3 heterocycles. The molecule has 1 aliphatic carbocycles. The highest BCUT2D eigenvalue weighted by molar-refractivity contribution is 7.89. The van der Waals surface area contributed by atoms with Crippen LogP contribution in [-0.2, 0) is 29.5 Å². The van der Waals surface area contributed by atoms with Crippen LogP contribution in [0, 0.1) is 6.92 Å². The van der Waals surface area contributed by atoms with Crippen LogP contribution < -0.4 is 4.72 Å². The van der Waals surface area contributed by atoms with E-state index in [-0.39, 0.29) is 11.4 Å². The van der Waals surface area contributed by atoms with Gasteiger partial charge >= 0.3 is 0 Å². The average Bonchev–Trinajstić information content (AvgIpc) is 3.60. The molecule has 0 bridgehead atoms. The van der Waals surface area contributed by atoms with Crippen molar-refractivity contribution in [3.63, 3.8) is 0 Å². The summed E-state index contributed by atoms with van der Waals surface area (Å²) in [5.74, 6) is 0. The van der Waals surface area contributed by atoms with Gasteiger partial charge in [-0.3, -0.25) is 10.00 Å². The summed E-state index contributed by atoms with van der Waals surface area (Å²) in [6.07, 6.45) is 0.861. The molecule has 1 fully saturated rings. The zero-order valence-corrected chi connectivity index (χ0v) is 22.8. The van der Waals surface area contributed by atoms with E-state index in [1.165, 1.54) is 22.3 Å². The Morgan fingerprint density at radius 2 is 1.81 bits per heavy atom. The fourth-order valence-electron chi connectivity index (χ4n) is 5.12. The lowest BCUT2D eigenvalue weighted by molar-refractivity contribution is 0.148. The van der Waals surface area contributed by atoms with Gasteiger partial charge in [-0.25, -0.2) is 13.1 Å². The summed E-state index contributed by atoms with van der Waals surface area (Å²) in [4.78, 5) is 7.23. The SMILES string of the molecule is Cc1ccc(S(=O)(=O)NCc2ccc(-c3[nH]nc4c3Cc3cc(CN5CCN(C)CC5)ccc3-4)s2)cc1. The fourth-order valence-corrected chi connectivity index (χ4v) is 7.18. The van der Waals surface area contributed by atoms with Gasteiger partial charge in [0, 0.05) is 61.7 Å². The van der Waals surface area contributed by atoms with Crippen LogP contribution in [0.1, 0.15) is 27.1 Å². The Balaban J connectivity index is 1.14. The van der Waals surface area contributed by atoms with Gasteiger partial charge in [-0.05, 0) is 49.4 Å². The quantitative estimate of drug-likeness (QED) is 0.327. The van der Waals surface area contributed by atoms with E-state index in [9.17, 15) is 8.42 Å². The van der Waals surface area contributed by atoms with Crippen molar-refractivity contribution in [2.24, 2.45) is 0 Å². The van der Waals surface area contributed by atoms with Gasteiger partial charge in [-0.2, -0.15) is 5.10 Å². The molecule has 4 aromatic rings. The molecule has 0 saturated carbocycles. The first-order valence-electron chi connectivity index (χ1n) is 12.6. The van der Waals surface area contributed by atoms with E-state index in [2.05, 4.69) is 56.0 Å². The number of aromatic amines is 1. The number of sulfonamides is 1. The molecule has 1 aliphatic heterocycles. The molecule has 1 saturated heterocycles. The van der Waals surface area contributed by atoms with Gasteiger partial charge < -0.3 is 4.90 Å². The third kappa shape index (κ3) is 5.02. The van der Waals surface area contributed by atoms with Gasteiger partial charge in [0.15, 0.2) is 0 Å². The smallest absolute Gasteiger partial charge is 0.240 e. The molecule has 2 aromatic carbocycles. The molecule has 0 spiro atoms. The number of hydrogen-bond acceptors (Lipinski definition) is 6. The number of nitrogens with zero attached hydrogens (tertiary/aromatic N) is 3. The summed E-state index contributed by atoms with van der Waals surface area (Å²) in [6, 6.07) is 17.7. The lowest BCUT2D eigenvalue weighted by Crippen LogP contribution is -2.43. The number of nitrogens with one attached hydrogen (secondary N) is 2. The van der Waals surface area contributed by atoms with Crippen LogP contribution in [-0.4, -0.2) is 61.6 Å². The Hall–Kier alpha value is -2.82. The number of likely N-dealkylation sites (N-methyl/N-ethyl adjacent to an activating group) is 1. The molecule has 192 valence electrons. The molecule has 2 aromatic heterocycles. The van der Waals surface area contributed by atoms with Crippen LogP contribution in [0.25, 0.3) is 21.8 Å². The number of hydrogen-bond donors (Lipinski definition) is 2. The van der Waals surface area contributed by atoms with Crippen LogP contribution in [0.4, 0.5) is 0 Å². The highest BCUT2D eigenvalue weighted by Gasteiger charge is 2.26. The predicted octanol–water partition coefficient (Wildman–Crippen LogP) is 4.24. The van der Waals surface area contributed by atoms with E-state index in [0.717, 1.165) is 65.9 Å². The van der Waals surface area contributed by atoms with Crippen molar-refractivity contribution in [3.8, 4) is 21.8 Å². The summed E-state index contributed by atoms with van der Waals surface area (Å²) in [5, 5.41) is 7.91. The fraction of sp³-hybridized carbons (Fsp3) is 0.321. The van der Waals surface area contributed by atoms with Crippen LogP contribution in [0.3, 0.4) is 0 Å². The van der Waals surface area contributed by atoms with Crippen molar-refractivity contribution in [1.82, 2.24) is 24.7 Å². The first-order chi connectivity index (χ1) is 17.9. The lowest BCUT2D eigenvalue weighted by atomic mass is 10.0. The third-order valence-electron chi connectivity index (χ3n) is 7.34. The topological polar surface area (TPSA) is 81.3 Å². The lowest BCUT2D eigenvalue weighted by Gasteiger charge is -2.32. The van der Waals surface area contributed by atoms with Gasteiger partial charge in [0.25, 0.3) is 0 Å². The Morgan fingerprint density at radius 3 is 2.59 bits per heavy atom. The van der Waals surface area contributed by atoms with E-state index in [0.29, 0.717) is 0 Å². The number of benzene rings is 2. The van der Waals surface area contributed by atoms with Crippen molar-refractivity contribution in [2.75, 3.05) is 33.2 Å². The number of thiophene rings is 1. The van der Waals surface area contributed by atoms with Crippen molar-refractivity contribution in [2.45, 2.75) is 31.3 Å². The summed E-state index contributed by atoms with van der Waals surface area (Å²) >= 11 is 1.59. The molecule has 0 unspecified atom stereocenters. The first-order valence-corrected chi connectivity index (χ1v) is 14.9. The number of aryl methyl sites for hydroxylation is 1. The Morgan fingerprint density at radius 1 is 1.03 bits per heavy atom. The van der Waals surface area contributed by atoms with E-state index in [4.69, 9.17) is 0 Å². The molecular formula is C28H31N5O2S2. The average molecular weight is 534 g/mol. The van der Waals surface area contributed by atoms with Crippen molar-refractivity contribution < 1.29 is 8.42 Å². The monoisotopic (exact) mass is 533 g/mol. The van der Waals surface area contributed by atoms with Gasteiger partial charge in [0.2, 0.25) is 10.0 Å². The summed E-state index contributed by atoms with van der Waals surface area (Å²) in [6.45, 7) is 7.66. The van der Waals surface area contributed by atoms with E-state index >= 15 is 0 Å². The zero-order chi connectivity index (χ0) is 25.6. The van der Waals surface area contributed by atoms with Gasteiger partial charge in [-0.15, -0.1) is 11.3 Å². The first kappa shape index (κ1) is 24.5. The molecule has 6 rings (SSSR count). The number of fused-ring (bicyclic) bond motifs is 3. The molecule has 2 N–H and O–H groups in total. The van der Waals surface area contributed by atoms with Crippen LogP contribution in [0.5, 0.6) is 0 Å². The number of piperazine rings is 1. The van der Waals surface area contributed by atoms with Crippen molar-refractivity contribution >= 4 is 21.4 Å². The highest BCUT2D eigenvalue weighted by atomic mass is 32.2. The second-order valence-electron chi connectivity index (χ2n) is 10.1. The zero-order valence-electron chi connectivity index (χ0n) is 21.1. The second-order valence-corrected chi connectivity index (χ2v) is 13.0. The van der Waals surface area contributed by atoms with Crippen molar-refractivity contribution in [3.05, 3.63) is 81.7 Å². The maximum atomic E-state index is 12.7. The third-order valence-corrected chi connectivity index (χ3v) is 9.86. The molecule has 7 nitrogen and oxygen atoms in total. The van der Waals surface area contributed by atoms with Crippen LogP contribution in [0.2, 0.25) is 0 Å². The normalized spacial score (nSPS) is 16.2. The maximum Gasteiger partial charge on any atom is 0.240 e. The van der Waals surface area contributed by atoms with Crippen LogP contribution >= 0.6 is 11.3 Å². The van der Waals surface area contributed by atoms with Crippen molar-refractivity contribution in [1.29, 1.82) is 0 Å². The van der Waals surface area contributed by atoms with Crippen LogP contribution in [0.15, 0.2) is 59.5 Å². The summed E-state index contributed by atoms with van der Waals surface area (Å²) < 4.78 is 28.1. The van der Waals surface area contributed by atoms with E-state index in [1.807, 2.05) is 25.1 Å². The van der Waals surface area contributed by atoms with Gasteiger partial charge in [0.05, 0.1) is 21.2 Å². The van der Waals surface area contributed by atoms with Gasteiger partial charge in [0.1, 0.15) is 0 Å². The Bertz CT molecular complexity index is 1530. The Labute approximate surface area is 222 Å². The highest BCUT2D eigenvalue weighted by Crippen LogP contribution is 2.42. The largest absolute Gasteiger partial charge is 0.304 e. The number of rotatable bonds is 7. The minimum Gasteiger partial charge on any atom is -0.304 e. The number of H-pyrrole nitrogens is 1. The molecule has 9 heteroatoms. The predicted molar refractivity (Wildman–Crippen MR) is 148 cm³/mol. The summed E-state index contributed by atoms with van der Waals surface area (Å²) in [5.41, 5.74) is 8.22. The molecule has 0 atom stereocenters. The second kappa shape index (κ2) is 9.81. The standard InChI is InChI=1S/C28H31N5O2S2/c1-19-3-7-23(8-4-19)37(34,35)29-17-22-6-10-26(36-22)28-25-16-21-15-20(5-9-24(21)27(25)30-31-28)18-33-13-11-32(2)12-14-33/h3-10,15,29H,11-14,16-18H2,1-2H3,(H,30,31). The molecule has 2 aliphatic rings. The number of aromatic nitrogens is 2. The van der Waals surface area contributed by atoms with Gasteiger partial charge in [-0.1, -0.05) is 35.9 Å². The van der Waals surface area contributed by atoms with E-state index in [1.54, 1.807) is 23.5 Å². The summed E-state index contributed by atoms with van der Waals surface area (Å²) in [7, 11) is -1.37.